The zero-order chi connectivity index (χ0) is 14.9. The molecule has 0 unspecified atom stereocenters. The second kappa shape index (κ2) is 16.0. The lowest BCUT2D eigenvalue weighted by molar-refractivity contribution is -0.135. The normalized spacial score (nSPS) is 11.5. The van der Waals surface area contributed by atoms with Crippen molar-refractivity contribution in [3.63, 3.8) is 0 Å². The van der Waals surface area contributed by atoms with Crippen LogP contribution in [0, 0.1) is 0 Å². The number of allylic oxidation sites excluding steroid dienone is 3. The number of carbonyl (C=O) groups excluding carboxylic acids is 1. The highest BCUT2D eigenvalue weighted by atomic mass is 16.5. The largest absolute Gasteiger partial charge is 0.435 e. The van der Waals surface area contributed by atoms with Gasteiger partial charge in [-0.25, -0.2) is 0 Å². The standard InChI is InChI=1S/C18H32O2/c1-3-4-5-6-7-8-9-10-11-12-13-14-15-16-17-20-18(2)19/h14-17H,3-13H2,1-2H3/b15-14+,17-16-. The Kier molecular flexibility index (Phi) is 15.2. The molecule has 0 saturated carbocycles. The van der Waals surface area contributed by atoms with Crippen molar-refractivity contribution in [1.82, 2.24) is 0 Å². The maximum atomic E-state index is 10.5. The molecule has 2 heteroatoms. The van der Waals surface area contributed by atoms with Crippen LogP contribution in [0.15, 0.2) is 24.5 Å². The van der Waals surface area contributed by atoms with Crippen LogP contribution in [-0.2, 0) is 9.53 Å². The molecule has 0 aliphatic carbocycles. The van der Waals surface area contributed by atoms with Crippen LogP contribution in [0.4, 0.5) is 0 Å². The van der Waals surface area contributed by atoms with E-state index in [-0.39, 0.29) is 5.97 Å². The Bertz CT molecular complexity index is 267. The zero-order valence-electron chi connectivity index (χ0n) is 13.4. The molecule has 0 amide bonds. The summed E-state index contributed by atoms with van der Waals surface area (Å²) < 4.78 is 4.68. The first-order valence-electron chi connectivity index (χ1n) is 8.26. The van der Waals surface area contributed by atoms with E-state index < -0.39 is 0 Å². The van der Waals surface area contributed by atoms with Crippen LogP contribution in [0.2, 0.25) is 0 Å². The summed E-state index contributed by atoms with van der Waals surface area (Å²) >= 11 is 0. The summed E-state index contributed by atoms with van der Waals surface area (Å²) in [6.45, 7) is 3.67. The predicted octanol–water partition coefficient (Wildman–Crippen LogP) is 5.93. The molecule has 0 aromatic heterocycles. The second-order valence-corrected chi connectivity index (χ2v) is 5.34. The van der Waals surface area contributed by atoms with Gasteiger partial charge in [0.2, 0.25) is 0 Å². The Morgan fingerprint density at radius 1 is 0.850 bits per heavy atom. The van der Waals surface area contributed by atoms with Crippen LogP contribution >= 0.6 is 0 Å². The lowest BCUT2D eigenvalue weighted by Crippen LogP contribution is -1.88. The maximum Gasteiger partial charge on any atom is 0.307 e. The summed E-state index contributed by atoms with van der Waals surface area (Å²) in [6.07, 6.45) is 22.1. The highest BCUT2D eigenvalue weighted by Crippen LogP contribution is 2.11. The molecule has 0 aromatic rings. The Morgan fingerprint density at radius 2 is 1.40 bits per heavy atom. The molecule has 116 valence electrons. The lowest BCUT2D eigenvalue weighted by Gasteiger charge is -2.01. The van der Waals surface area contributed by atoms with E-state index >= 15 is 0 Å². The lowest BCUT2D eigenvalue weighted by atomic mass is 10.1. The quantitative estimate of drug-likeness (QED) is 0.181. The first-order valence-corrected chi connectivity index (χ1v) is 8.26. The molecular formula is C18H32O2. The van der Waals surface area contributed by atoms with Gasteiger partial charge in [0.1, 0.15) is 0 Å². The fourth-order valence-electron chi connectivity index (χ4n) is 2.10. The third-order valence-electron chi connectivity index (χ3n) is 3.28. The van der Waals surface area contributed by atoms with Crippen LogP contribution in [0.5, 0.6) is 0 Å². The van der Waals surface area contributed by atoms with Gasteiger partial charge in [-0.05, 0) is 18.9 Å². The maximum absolute atomic E-state index is 10.5. The highest BCUT2D eigenvalue weighted by molar-refractivity contribution is 5.66. The molecule has 0 atom stereocenters. The van der Waals surface area contributed by atoms with E-state index in [1.807, 2.05) is 6.08 Å². The Labute approximate surface area is 125 Å². The molecular weight excluding hydrogens is 248 g/mol. The van der Waals surface area contributed by atoms with Gasteiger partial charge in [0.15, 0.2) is 0 Å². The number of carbonyl (C=O) groups is 1. The molecule has 2 nitrogen and oxygen atoms in total. The van der Waals surface area contributed by atoms with E-state index in [0.29, 0.717) is 0 Å². The van der Waals surface area contributed by atoms with Crippen LogP contribution in [0.25, 0.3) is 0 Å². The second-order valence-electron chi connectivity index (χ2n) is 5.34. The van der Waals surface area contributed by atoms with Crippen LogP contribution in [0.1, 0.15) is 84.5 Å². The van der Waals surface area contributed by atoms with E-state index in [2.05, 4.69) is 17.7 Å². The van der Waals surface area contributed by atoms with E-state index in [0.717, 1.165) is 6.42 Å². The van der Waals surface area contributed by atoms with Crippen LogP contribution in [0.3, 0.4) is 0 Å². The molecule has 0 bridgehead atoms. The molecule has 0 saturated heterocycles. The first kappa shape index (κ1) is 18.9. The van der Waals surface area contributed by atoms with Crippen molar-refractivity contribution in [2.45, 2.75) is 84.5 Å². The third-order valence-corrected chi connectivity index (χ3v) is 3.28. The average Bonchev–Trinajstić information content (AvgIpc) is 2.43. The topological polar surface area (TPSA) is 26.3 Å². The molecule has 0 spiro atoms. The molecule has 0 aliphatic rings. The third kappa shape index (κ3) is 16.9. The van der Waals surface area contributed by atoms with E-state index in [1.54, 1.807) is 6.08 Å². The van der Waals surface area contributed by atoms with Crippen LogP contribution in [-0.4, -0.2) is 5.97 Å². The van der Waals surface area contributed by atoms with Gasteiger partial charge in [0, 0.05) is 6.92 Å². The van der Waals surface area contributed by atoms with Crippen molar-refractivity contribution in [1.29, 1.82) is 0 Å². The van der Waals surface area contributed by atoms with Gasteiger partial charge < -0.3 is 4.74 Å². The van der Waals surface area contributed by atoms with Gasteiger partial charge in [-0.2, -0.15) is 0 Å². The highest BCUT2D eigenvalue weighted by Gasteiger charge is 1.91. The number of rotatable bonds is 13. The van der Waals surface area contributed by atoms with Gasteiger partial charge in [-0.15, -0.1) is 0 Å². The van der Waals surface area contributed by atoms with Crippen molar-refractivity contribution in [2.75, 3.05) is 0 Å². The minimum atomic E-state index is -0.274. The van der Waals surface area contributed by atoms with Gasteiger partial charge in [0.25, 0.3) is 0 Å². The zero-order valence-corrected chi connectivity index (χ0v) is 13.4. The number of esters is 1. The minimum Gasteiger partial charge on any atom is -0.435 e. The SMILES string of the molecule is CCCCCCCCCCCC/C=C/C=C\OC(C)=O. The monoisotopic (exact) mass is 280 g/mol. The number of hydrogen-bond acceptors (Lipinski definition) is 2. The van der Waals surface area contributed by atoms with Crippen molar-refractivity contribution in [3.8, 4) is 0 Å². The molecule has 0 N–H and O–H groups in total. The van der Waals surface area contributed by atoms with Gasteiger partial charge in [-0.3, -0.25) is 4.79 Å². The molecule has 0 radical (unpaired) electrons. The van der Waals surface area contributed by atoms with Crippen molar-refractivity contribution in [3.05, 3.63) is 24.5 Å². The van der Waals surface area contributed by atoms with E-state index in [4.69, 9.17) is 0 Å². The summed E-state index contributed by atoms with van der Waals surface area (Å²) in [4.78, 5) is 10.5. The average molecular weight is 280 g/mol. The molecule has 20 heavy (non-hydrogen) atoms. The number of unbranched alkanes of at least 4 members (excludes halogenated alkanes) is 10. The smallest absolute Gasteiger partial charge is 0.307 e. The summed E-state index contributed by atoms with van der Waals surface area (Å²) in [6, 6.07) is 0. The van der Waals surface area contributed by atoms with E-state index in [1.165, 1.54) is 77.4 Å². The summed E-state index contributed by atoms with van der Waals surface area (Å²) in [7, 11) is 0. The Morgan fingerprint density at radius 3 is 1.95 bits per heavy atom. The van der Waals surface area contributed by atoms with Crippen LogP contribution < -0.4 is 0 Å². The molecule has 0 aliphatic heterocycles. The number of hydrogen-bond donors (Lipinski definition) is 0. The van der Waals surface area contributed by atoms with Crippen molar-refractivity contribution >= 4 is 5.97 Å². The van der Waals surface area contributed by atoms with Gasteiger partial charge in [-0.1, -0.05) is 76.9 Å². The Hall–Kier alpha value is -1.05. The van der Waals surface area contributed by atoms with Gasteiger partial charge in [0.05, 0.1) is 6.26 Å². The minimum absolute atomic E-state index is 0.274. The molecule has 0 fully saturated rings. The fraction of sp³-hybridized carbons (Fsp3) is 0.722. The number of ether oxygens (including phenoxy) is 1. The molecule has 0 rings (SSSR count). The summed E-state index contributed by atoms with van der Waals surface area (Å²) in [5, 5.41) is 0. The Balaban J connectivity index is 3.14. The van der Waals surface area contributed by atoms with Crippen molar-refractivity contribution < 1.29 is 9.53 Å². The molecule has 0 aromatic carbocycles. The van der Waals surface area contributed by atoms with Crippen molar-refractivity contribution in [2.24, 2.45) is 0 Å². The molecule has 0 heterocycles. The predicted molar refractivity (Wildman–Crippen MR) is 86.5 cm³/mol. The first-order chi connectivity index (χ1) is 9.77. The summed E-state index contributed by atoms with van der Waals surface area (Å²) in [5.74, 6) is -0.274. The fourth-order valence-corrected chi connectivity index (χ4v) is 2.10. The van der Waals surface area contributed by atoms with Gasteiger partial charge >= 0.3 is 5.97 Å². The summed E-state index contributed by atoms with van der Waals surface area (Å²) in [5.41, 5.74) is 0. The van der Waals surface area contributed by atoms with E-state index in [9.17, 15) is 4.79 Å².